The first-order chi connectivity index (χ1) is 15.4. The minimum absolute atomic E-state index is 0.203. The highest BCUT2D eigenvalue weighted by atomic mass is 32.2. The van der Waals surface area contributed by atoms with Gasteiger partial charge in [0.05, 0.1) is 17.4 Å². The molecule has 1 fully saturated rings. The van der Waals surface area contributed by atoms with Gasteiger partial charge in [0.25, 0.3) is 0 Å². The van der Waals surface area contributed by atoms with Crippen LogP contribution in [0, 0.1) is 11.3 Å². The second-order valence-electron chi connectivity index (χ2n) is 8.14. The molecule has 3 aromatic carbocycles. The van der Waals surface area contributed by atoms with Crippen LogP contribution in [0.5, 0.6) is 0 Å². The number of hydrogen-bond donors (Lipinski definition) is 0. The first kappa shape index (κ1) is 22.0. The molecule has 164 valence electrons. The molecule has 1 amide bonds. The number of fused-ring (bicyclic) bond motifs is 1. The molecule has 1 aliphatic rings. The summed E-state index contributed by atoms with van der Waals surface area (Å²) in [6.45, 7) is 3.28. The summed E-state index contributed by atoms with van der Waals surface area (Å²) in [5.74, 6) is -1.04. The van der Waals surface area contributed by atoms with Gasteiger partial charge in [-0.25, -0.2) is 8.42 Å². The summed E-state index contributed by atoms with van der Waals surface area (Å²) in [7, 11) is -3.58. The molecule has 0 unspecified atom stereocenters. The van der Waals surface area contributed by atoms with Crippen molar-refractivity contribution < 1.29 is 13.2 Å². The molecule has 0 aromatic heterocycles. The number of nitriles is 1. The van der Waals surface area contributed by atoms with Gasteiger partial charge in [-0.05, 0) is 34.0 Å². The first-order valence-electron chi connectivity index (χ1n) is 10.6. The molecule has 32 heavy (non-hydrogen) atoms. The topological polar surface area (TPSA) is 81.5 Å². The van der Waals surface area contributed by atoms with Crippen LogP contribution in [0.1, 0.15) is 16.7 Å². The molecule has 6 nitrogen and oxygen atoms in total. The van der Waals surface area contributed by atoms with E-state index in [0.29, 0.717) is 37.3 Å². The summed E-state index contributed by atoms with van der Waals surface area (Å²) in [5.41, 5.74) is 2.31. The second kappa shape index (κ2) is 9.51. The van der Waals surface area contributed by atoms with Crippen LogP contribution in [0.2, 0.25) is 0 Å². The Morgan fingerprint density at radius 2 is 1.59 bits per heavy atom. The van der Waals surface area contributed by atoms with Crippen LogP contribution in [0.25, 0.3) is 10.8 Å². The summed E-state index contributed by atoms with van der Waals surface area (Å²) >= 11 is 0. The fourth-order valence-electron chi connectivity index (χ4n) is 4.09. The highest BCUT2D eigenvalue weighted by Gasteiger charge is 2.25. The fourth-order valence-corrected chi connectivity index (χ4v) is 5.45. The van der Waals surface area contributed by atoms with E-state index < -0.39 is 15.6 Å². The number of piperazine rings is 1. The van der Waals surface area contributed by atoms with Gasteiger partial charge in [-0.2, -0.15) is 5.26 Å². The van der Waals surface area contributed by atoms with E-state index in [0.717, 1.165) is 6.54 Å². The number of carbonyl (C=O) groups is 1. The van der Waals surface area contributed by atoms with E-state index in [4.69, 9.17) is 5.26 Å². The largest absolute Gasteiger partial charge is 0.339 e. The van der Waals surface area contributed by atoms with Gasteiger partial charge in [-0.15, -0.1) is 0 Å². The molecule has 7 heteroatoms. The molecule has 4 rings (SSSR count). The molecule has 0 spiro atoms. The Kier molecular flexibility index (Phi) is 6.54. The third-order valence-electron chi connectivity index (χ3n) is 5.81. The Balaban J connectivity index is 1.31. The van der Waals surface area contributed by atoms with Crippen LogP contribution in [0.3, 0.4) is 0 Å². The molecule has 0 radical (unpaired) electrons. The smallest absolute Gasteiger partial charge is 0.237 e. The number of amides is 1. The second-order valence-corrected chi connectivity index (χ2v) is 10.2. The lowest BCUT2D eigenvalue weighted by molar-refractivity contribution is -0.130. The minimum Gasteiger partial charge on any atom is -0.339 e. The molecule has 1 heterocycles. The van der Waals surface area contributed by atoms with E-state index in [1.165, 1.54) is 16.3 Å². The molecule has 0 N–H and O–H groups in total. The third-order valence-corrected chi connectivity index (χ3v) is 7.27. The zero-order valence-corrected chi connectivity index (χ0v) is 18.6. The Bertz CT molecular complexity index is 1250. The standard InChI is InChI=1S/C25H25N3O3S/c26-16-20-8-10-21(11-9-20)18-32(30,31)19-25(29)28-14-12-27(13-15-28)17-23-6-3-5-22-4-1-2-7-24(22)23/h1-11H,12-15,17-19H2. The molecule has 3 aromatic rings. The summed E-state index contributed by atoms with van der Waals surface area (Å²) in [6.07, 6.45) is 0. The normalized spacial score (nSPS) is 14.9. The quantitative estimate of drug-likeness (QED) is 0.580. The highest BCUT2D eigenvalue weighted by molar-refractivity contribution is 7.91. The molecule has 0 atom stereocenters. The maximum Gasteiger partial charge on any atom is 0.237 e. The van der Waals surface area contributed by atoms with Crippen molar-refractivity contribution in [2.75, 3.05) is 31.9 Å². The van der Waals surface area contributed by atoms with E-state index in [2.05, 4.69) is 35.2 Å². The van der Waals surface area contributed by atoms with Crippen molar-refractivity contribution in [3.63, 3.8) is 0 Å². The first-order valence-corrected chi connectivity index (χ1v) is 12.4. The number of nitrogens with zero attached hydrogens (tertiary/aromatic N) is 3. The van der Waals surface area contributed by atoms with Crippen LogP contribution in [0.4, 0.5) is 0 Å². The Hall–Kier alpha value is -3.21. The SMILES string of the molecule is N#Cc1ccc(CS(=O)(=O)CC(=O)N2CCN(Cc3cccc4ccccc34)CC2)cc1. The average molecular weight is 448 g/mol. The van der Waals surface area contributed by atoms with Crippen molar-refractivity contribution in [2.45, 2.75) is 12.3 Å². The van der Waals surface area contributed by atoms with Crippen molar-refractivity contribution in [2.24, 2.45) is 0 Å². The maximum absolute atomic E-state index is 12.6. The van der Waals surface area contributed by atoms with Gasteiger partial charge in [0.15, 0.2) is 9.84 Å². The van der Waals surface area contributed by atoms with Gasteiger partial charge >= 0.3 is 0 Å². The van der Waals surface area contributed by atoms with Crippen LogP contribution in [0.15, 0.2) is 66.7 Å². The molecular weight excluding hydrogens is 422 g/mol. The summed E-state index contributed by atoms with van der Waals surface area (Å²) < 4.78 is 25.0. The number of rotatable bonds is 6. The van der Waals surface area contributed by atoms with Gasteiger partial charge in [-0.1, -0.05) is 54.6 Å². The maximum atomic E-state index is 12.6. The van der Waals surface area contributed by atoms with E-state index in [1.807, 2.05) is 18.2 Å². The van der Waals surface area contributed by atoms with E-state index in [9.17, 15) is 13.2 Å². The molecule has 0 saturated carbocycles. The van der Waals surface area contributed by atoms with Gasteiger partial charge in [0.2, 0.25) is 5.91 Å². The van der Waals surface area contributed by atoms with Crippen molar-refractivity contribution >= 4 is 26.5 Å². The van der Waals surface area contributed by atoms with Gasteiger partial charge in [0, 0.05) is 32.7 Å². The zero-order valence-electron chi connectivity index (χ0n) is 17.8. The Morgan fingerprint density at radius 3 is 2.31 bits per heavy atom. The van der Waals surface area contributed by atoms with E-state index in [-0.39, 0.29) is 11.7 Å². The average Bonchev–Trinajstić information content (AvgIpc) is 2.80. The predicted octanol–water partition coefficient (Wildman–Crippen LogP) is 2.97. The number of benzene rings is 3. The van der Waals surface area contributed by atoms with Crippen molar-refractivity contribution in [1.29, 1.82) is 5.26 Å². The van der Waals surface area contributed by atoms with Crippen molar-refractivity contribution in [3.05, 3.63) is 83.4 Å². The lowest BCUT2D eigenvalue weighted by Gasteiger charge is -2.35. The monoisotopic (exact) mass is 447 g/mol. The van der Waals surface area contributed by atoms with E-state index in [1.54, 1.807) is 29.2 Å². The van der Waals surface area contributed by atoms with Gasteiger partial charge in [-0.3, -0.25) is 9.69 Å². The molecule has 0 bridgehead atoms. The van der Waals surface area contributed by atoms with Crippen molar-refractivity contribution in [1.82, 2.24) is 9.80 Å². The van der Waals surface area contributed by atoms with Crippen LogP contribution in [-0.4, -0.2) is 56.1 Å². The zero-order chi connectivity index (χ0) is 22.6. The fraction of sp³-hybridized carbons (Fsp3) is 0.280. The molecular formula is C25H25N3O3S. The van der Waals surface area contributed by atoms with Gasteiger partial charge in [0.1, 0.15) is 5.75 Å². The highest BCUT2D eigenvalue weighted by Crippen LogP contribution is 2.20. The molecule has 1 aliphatic heterocycles. The molecule has 0 aliphatic carbocycles. The van der Waals surface area contributed by atoms with Crippen molar-refractivity contribution in [3.8, 4) is 6.07 Å². The van der Waals surface area contributed by atoms with Crippen LogP contribution >= 0.6 is 0 Å². The Labute approximate surface area is 188 Å². The number of hydrogen-bond acceptors (Lipinski definition) is 5. The van der Waals surface area contributed by atoms with Gasteiger partial charge < -0.3 is 4.90 Å². The van der Waals surface area contributed by atoms with E-state index >= 15 is 0 Å². The van der Waals surface area contributed by atoms with Crippen LogP contribution < -0.4 is 0 Å². The minimum atomic E-state index is -3.58. The predicted molar refractivity (Wildman–Crippen MR) is 124 cm³/mol. The number of carbonyl (C=O) groups excluding carboxylic acids is 1. The van der Waals surface area contributed by atoms with Crippen LogP contribution in [-0.2, 0) is 26.9 Å². The summed E-state index contributed by atoms with van der Waals surface area (Å²) in [5, 5.41) is 11.3. The lowest BCUT2D eigenvalue weighted by atomic mass is 10.0. The number of sulfone groups is 1. The lowest BCUT2D eigenvalue weighted by Crippen LogP contribution is -2.49. The summed E-state index contributed by atoms with van der Waals surface area (Å²) in [4.78, 5) is 16.6. The summed E-state index contributed by atoms with van der Waals surface area (Å²) in [6, 6.07) is 23.0. The third kappa shape index (κ3) is 5.34. The Morgan fingerprint density at radius 1 is 0.906 bits per heavy atom. The molecule has 1 saturated heterocycles.